The van der Waals surface area contributed by atoms with Crippen molar-refractivity contribution in [3.8, 4) is 11.3 Å². The summed E-state index contributed by atoms with van der Waals surface area (Å²) in [7, 11) is 0. The summed E-state index contributed by atoms with van der Waals surface area (Å²) in [5.41, 5.74) is 5.34. The fraction of sp³-hybridized carbons (Fsp3) is 0.269. The summed E-state index contributed by atoms with van der Waals surface area (Å²) in [4.78, 5) is 17.4. The molecule has 0 atom stereocenters. The predicted octanol–water partition coefficient (Wildman–Crippen LogP) is 6.03. The third-order valence-corrected chi connectivity index (χ3v) is 6.45. The normalized spacial score (nSPS) is 14.5. The minimum Gasteiger partial charge on any atom is -0.346 e. The van der Waals surface area contributed by atoms with Crippen LogP contribution in [0.2, 0.25) is 5.15 Å². The van der Waals surface area contributed by atoms with Crippen LogP contribution in [-0.2, 0) is 6.54 Å². The minimum atomic E-state index is -0.138. The average Bonchev–Trinajstić information content (AvgIpc) is 3.21. The number of benzene rings is 2. The summed E-state index contributed by atoms with van der Waals surface area (Å²) in [6.07, 6.45) is 6.52. The van der Waals surface area contributed by atoms with Gasteiger partial charge in [-0.15, -0.1) is 0 Å². The average molecular weight is 445 g/mol. The Bertz CT molecular complexity index is 1230. The van der Waals surface area contributed by atoms with E-state index < -0.39 is 0 Å². The van der Waals surface area contributed by atoms with Crippen LogP contribution in [0.5, 0.6) is 0 Å². The molecule has 0 spiro atoms. The largest absolute Gasteiger partial charge is 0.346 e. The summed E-state index contributed by atoms with van der Waals surface area (Å²) < 4.78 is 1.72. The lowest BCUT2D eigenvalue weighted by Gasteiger charge is -2.22. The standard InChI is InChI=1S/C26H25ClN4O/c27-23-15-16-24-29-25(20-13-11-19(12-14-20)18-7-3-1-4-8-18)22(31(24)30-23)17-28-26(32)21-9-5-2-6-10-21/h2,5-6,9-16,18H,1,3-4,7-8,17H2,(H,28,32). The van der Waals surface area contributed by atoms with Crippen LogP contribution in [0.1, 0.15) is 59.6 Å². The molecule has 32 heavy (non-hydrogen) atoms. The van der Waals surface area contributed by atoms with Crippen LogP contribution in [0.4, 0.5) is 0 Å². The van der Waals surface area contributed by atoms with Crippen molar-refractivity contribution in [1.29, 1.82) is 0 Å². The number of fused-ring (bicyclic) bond motifs is 1. The lowest BCUT2D eigenvalue weighted by atomic mass is 9.84. The molecule has 0 saturated heterocycles. The molecule has 1 amide bonds. The van der Waals surface area contributed by atoms with E-state index in [1.165, 1.54) is 37.7 Å². The fourth-order valence-electron chi connectivity index (χ4n) is 4.55. The van der Waals surface area contributed by atoms with E-state index >= 15 is 0 Å². The molecule has 1 N–H and O–H groups in total. The molecular formula is C26H25ClN4O. The first-order chi connectivity index (χ1) is 15.7. The zero-order chi connectivity index (χ0) is 21.9. The Balaban J connectivity index is 1.46. The smallest absolute Gasteiger partial charge is 0.251 e. The molecule has 1 fully saturated rings. The molecule has 1 aliphatic carbocycles. The second kappa shape index (κ2) is 9.13. The number of hydrogen-bond acceptors (Lipinski definition) is 3. The van der Waals surface area contributed by atoms with E-state index in [4.69, 9.17) is 16.6 Å². The van der Waals surface area contributed by atoms with Crippen molar-refractivity contribution in [2.24, 2.45) is 0 Å². The molecule has 5 nitrogen and oxygen atoms in total. The van der Waals surface area contributed by atoms with Gasteiger partial charge < -0.3 is 5.32 Å². The van der Waals surface area contributed by atoms with Crippen LogP contribution in [-0.4, -0.2) is 20.5 Å². The Morgan fingerprint density at radius 1 is 0.969 bits per heavy atom. The molecule has 1 saturated carbocycles. The van der Waals surface area contributed by atoms with Crippen molar-refractivity contribution < 1.29 is 4.79 Å². The third-order valence-electron chi connectivity index (χ3n) is 6.25. The molecule has 0 bridgehead atoms. The maximum atomic E-state index is 12.6. The molecule has 5 rings (SSSR count). The Kier molecular flexibility index (Phi) is 5.91. The SMILES string of the molecule is O=C(NCc1c(-c2ccc(C3CCCCC3)cc2)nc2ccc(Cl)nn12)c1ccccc1. The molecule has 2 heterocycles. The Morgan fingerprint density at radius 3 is 2.47 bits per heavy atom. The van der Waals surface area contributed by atoms with Gasteiger partial charge in [0.15, 0.2) is 5.65 Å². The van der Waals surface area contributed by atoms with Crippen molar-refractivity contribution in [3.05, 3.63) is 88.7 Å². The van der Waals surface area contributed by atoms with Crippen molar-refractivity contribution >= 4 is 23.2 Å². The van der Waals surface area contributed by atoms with Gasteiger partial charge in [0.05, 0.1) is 17.9 Å². The van der Waals surface area contributed by atoms with Crippen molar-refractivity contribution in [3.63, 3.8) is 0 Å². The van der Waals surface area contributed by atoms with E-state index in [1.54, 1.807) is 22.7 Å². The van der Waals surface area contributed by atoms with Crippen LogP contribution in [0.3, 0.4) is 0 Å². The van der Waals surface area contributed by atoms with E-state index in [-0.39, 0.29) is 5.91 Å². The molecule has 1 aliphatic rings. The number of amides is 1. The number of carbonyl (C=O) groups is 1. The number of rotatable bonds is 5. The van der Waals surface area contributed by atoms with E-state index in [9.17, 15) is 4.79 Å². The molecule has 6 heteroatoms. The second-order valence-electron chi connectivity index (χ2n) is 8.34. The highest BCUT2D eigenvalue weighted by molar-refractivity contribution is 6.29. The maximum Gasteiger partial charge on any atom is 0.251 e. The molecule has 2 aromatic carbocycles. The number of imidazole rings is 1. The molecule has 2 aromatic heterocycles. The minimum absolute atomic E-state index is 0.138. The lowest BCUT2D eigenvalue weighted by molar-refractivity contribution is 0.0950. The number of carbonyl (C=O) groups excluding carboxylic acids is 1. The molecule has 4 aromatic rings. The number of halogens is 1. The summed E-state index contributed by atoms with van der Waals surface area (Å²) in [5.74, 6) is 0.519. The first-order valence-electron chi connectivity index (χ1n) is 11.2. The van der Waals surface area contributed by atoms with E-state index in [0.29, 0.717) is 28.8 Å². The summed E-state index contributed by atoms with van der Waals surface area (Å²) in [6, 6.07) is 21.5. The highest BCUT2D eigenvalue weighted by atomic mass is 35.5. The second-order valence-corrected chi connectivity index (χ2v) is 8.73. The van der Waals surface area contributed by atoms with Gasteiger partial charge >= 0.3 is 0 Å². The van der Waals surface area contributed by atoms with Gasteiger partial charge in [-0.1, -0.05) is 73.3 Å². The van der Waals surface area contributed by atoms with Crippen molar-refractivity contribution in [2.75, 3.05) is 0 Å². The molecule has 0 radical (unpaired) electrons. The Labute approximate surface area is 192 Å². The van der Waals surface area contributed by atoms with Gasteiger partial charge in [-0.2, -0.15) is 5.10 Å². The summed E-state index contributed by atoms with van der Waals surface area (Å²) in [6.45, 7) is 0.294. The maximum absolute atomic E-state index is 12.6. The van der Waals surface area contributed by atoms with Gasteiger partial charge in [0.1, 0.15) is 5.15 Å². The van der Waals surface area contributed by atoms with E-state index in [0.717, 1.165) is 17.0 Å². The first-order valence-corrected chi connectivity index (χ1v) is 11.5. The summed E-state index contributed by atoms with van der Waals surface area (Å²) >= 11 is 6.16. The van der Waals surface area contributed by atoms with E-state index in [1.807, 2.05) is 24.3 Å². The third kappa shape index (κ3) is 4.26. The zero-order valence-corrected chi connectivity index (χ0v) is 18.6. The first kappa shape index (κ1) is 20.7. The fourth-order valence-corrected chi connectivity index (χ4v) is 4.69. The Morgan fingerprint density at radius 2 is 1.72 bits per heavy atom. The summed E-state index contributed by atoms with van der Waals surface area (Å²) in [5, 5.41) is 7.81. The monoisotopic (exact) mass is 444 g/mol. The van der Waals surface area contributed by atoms with Crippen molar-refractivity contribution in [1.82, 2.24) is 19.9 Å². The molecule has 0 unspecified atom stereocenters. The van der Waals surface area contributed by atoms with Gasteiger partial charge in [0.25, 0.3) is 5.91 Å². The van der Waals surface area contributed by atoms with Crippen LogP contribution in [0.25, 0.3) is 16.9 Å². The van der Waals surface area contributed by atoms with Crippen LogP contribution in [0, 0.1) is 0 Å². The quantitative estimate of drug-likeness (QED) is 0.409. The zero-order valence-electron chi connectivity index (χ0n) is 17.8. The number of nitrogens with one attached hydrogen (secondary N) is 1. The van der Waals surface area contributed by atoms with Crippen LogP contribution in [0.15, 0.2) is 66.7 Å². The Hall–Kier alpha value is -3.18. The van der Waals surface area contributed by atoms with Crippen LogP contribution < -0.4 is 5.32 Å². The van der Waals surface area contributed by atoms with Gasteiger partial charge in [0.2, 0.25) is 0 Å². The number of aromatic nitrogens is 3. The van der Waals surface area contributed by atoms with Gasteiger partial charge in [0, 0.05) is 11.1 Å². The molecular weight excluding hydrogens is 420 g/mol. The topological polar surface area (TPSA) is 59.3 Å². The van der Waals surface area contributed by atoms with Crippen molar-refractivity contribution in [2.45, 2.75) is 44.6 Å². The van der Waals surface area contributed by atoms with E-state index in [2.05, 4.69) is 34.7 Å². The molecule has 0 aliphatic heterocycles. The van der Waals surface area contributed by atoms with Gasteiger partial charge in [-0.05, 0) is 48.6 Å². The van der Waals surface area contributed by atoms with Gasteiger partial charge in [-0.25, -0.2) is 9.50 Å². The predicted molar refractivity (Wildman–Crippen MR) is 127 cm³/mol. The molecule has 162 valence electrons. The van der Waals surface area contributed by atoms with Gasteiger partial charge in [-0.3, -0.25) is 4.79 Å². The highest BCUT2D eigenvalue weighted by Gasteiger charge is 2.19. The number of nitrogens with zero attached hydrogens (tertiary/aromatic N) is 3. The van der Waals surface area contributed by atoms with Crippen LogP contribution >= 0.6 is 11.6 Å². The number of hydrogen-bond donors (Lipinski definition) is 1. The highest BCUT2D eigenvalue weighted by Crippen LogP contribution is 2.34. The lowest BCUT2D eigenvalue weighted by Crippen LogP contribution is -2.24.